The zero-order valence-corrected chi connectivity index (χ0v) is 10.9. The first-order valence-corrected chi connectivity index (χ1v) is 6.38. The first kappa shape index (κ1) is 13.4. The molecule has 2 amide bonds. The van der Waals surface area contributed by atoms with Gasteiger partial charge in [0.05, 0.1) is 0 Å². The van der Waals surface area contributed by atoms with E-state index in [1.807, 2.05) is 0 Å². The Morgan fingerprint density at radius 1 is 1.42 bits per heavy atom. The number of aryl methyl sites for hydroxylation is 1. The van der Waals surface area contributed by atoms with Crippen LogP contribution in [0, 0.1) is 0 Å². The number of nitrogens with zero attached hydrogens (tertiary/aromatic N) is 3. The fourth-order valence-electron chi connectivity index (χ4n) is 2.27. The van der Waals surface area contributed by atoms with Crippen molar-refractivity contribution in [3.8, 4) is 0 Å². The number of likely N-dealkylation sites (tertiary alicyclic amines) is 1. The second-order valence-corrected chi connectivity index (χ2v) is 4.70. The van der Waals surface area contributed by atoms with Crippen molar-refractivity contribution in [2.45, 2.75) is 31.7 Å². The summed E-state index contributed by atoms with van der Waals surface area (Å²) in [6.07, 6.45) is 4.85. The SMILES string of the molecule is Cn1ccc(NC(=O)N2CCCCCC2C(=O)O)n1. The van der Waals surface area contributed by atoms with Crippen molar-refractivity contribution in [2.24, 2.45) is 7.05 Å². The van der Waals surface area contributed by atoms with Gasteiger partial charge in [0, 0.05) is 25.9 Å². The predicted octanol–water partition coefficient (Wildman–Crippen LogP) is 1.28. The number of nitrogens with one attached hydrogen (secondary N) is 1. The fourth-order valence-corrected chi connectivity index (χ4v) is 2.27. The summed E-state index contributed by atoms with van der Waals surface area (Å²) >= 11 is 0. The van der Waals surface area contributed by atoms with Crippen LogP contribution in [-0.2, 0) is 11.8 Å². The molecular formula is C12H18N4O3. The molecule has 1 aromatic rings. The molecule has 0 aromatic carbocycles. The van der Waals surface area contributed by atoms with Gasteiger partial charge in [0.15, 0.2) is 5.82 Å². The number of carboxylic acid groups (broad SMARTS) is 1. The van der Waals surface area contributed by atoms with Crippen LogP contribution in [0.1, 0.15) is 25.7 Å². The Hall–Kier alpha value is -2.05. The summed E-state index contributed by atoms with van der Waals surface area (Å²) < 4.78 is 1.58. The number of carboxylic acids is 1. The number of aliphatic carboxylic acids is 1. The van der Waals surface area contributed by atoms with Crippen LogP contribution in [0.3, 0.4) is 0 Å². The van der Waals surface area contributed by atoms with Crippen LogP contribution in [0.4, 0.5) is 10.6 Å². The van der Waals surface area contributed by atoms with Crippen molar-refractivity contribution in [1.82, 2.24) is 14.7 Å². The summed E-state index contributed by atoms with van der Waals surface area (Å²) in [7, 11) is 1.75. The van der Waals surface area contributed by atoms with Gasteiger partial charge in [-0.15, -0.1) is 0 Å². The van der Waals surface area contributed by atoms with E-state index in [9.17, 15) is 14.7 Å². The van der Waals surface area contributed by atoms with Gasteiger partial charge in [0.1, 0.15) is 6.04 Å². The molecule has 1 aliphatic heterocycles. The molecule has 0 spiro atoms. The lowest BCUT2D eigenvalue weighted by molar-refractivity contribution is -0.142. The van der Waals surface area contributed by atoms with Crippen molar-refractivity contribution >= 4 is 17.8 Å². The van der Waals surface area contributed by atoms with Crippen LogP contribution in [0.15, 0.2) is 12.3 Å². The molecule has 2 N–H and O–H groups in total. The third kappa shape index (κ3) is 3.24. The van der Waals surface area contributed by atoms with Gasteiger partial charge in [0.25, 0.3) is 0 Å². The minimum absolute atomic E-state index is 0.395. The molecule has 19 heavy (non-hydrogen) atoms. The minimum Gasteiger partial charge on any atom is -0.480 e. The lowest BCUT2D eigenvalue weighted by Gasteiger charge is -2.26. The molecule has 1 saturated heterocycles. The molecule has 0 aliphatic carbocycles. The zero-order valence-electron chi connectivity index (χ0n) is 10.9. The van der Waals surface area contributed by atoms with Crippen LogP contribution in [0.2, 0.25) is 0 Å². The van der Waals surface area contributed by atoms with Crippen molar-refractivity contribution in [1.29, 1.82) is 0 Å². The van der Waals surface area contributed by atoms with E-state index < -0.39 is 18.0 Å². The van der Waals surface area contributed by atoms with E-state index >= 15 is 0 Å². The van der Waals surface area contributed by atoms with Gasteiger partial charge in [-0.25, -0.2) is 9.59 Å². The van der Waals surface area contributed by atoms with Gasteiger partial charge < -0.3 is 10.0 Å². The van der Waals surface area contributed by atoms with Gasteiger partial charge in [-0.1, -0.05) is 12.8 Å². The normalized spacial score (nSPS) is 19.8. The average Bonchev–Trinajstić information content (AvgIpc) is 2.65. The van der Waals surface area contributed by atoms with Gasteiger partial charge in [-0.2, -0.15) is 5.10 Å². The Bertz CT molecular complexity index is 471. The molecule has 1 atom stereocenters. The van der Waals surface area contributed by atoms with E-state index in [0.717, 1.165) is 19.3 Å². The molecule has 0 saturated carbocycles. The van der Waals surface area contributed by atoms with Crippen LogP contribution in [-0.4, -0.2) is 44.4 Å². The van der Waals surface area contributed by atoms with E-state index in [2.05, 4.69) is 10.4 Å². The number of urea groups is 1. The second-order valence-electron chi connectivity index (χ2n) is 4.70. The quantitative estimate of drug-likeness (QED) is 0.844. The standard InChI is InChI=1S/C12H18N4O3/c1-15-8-6-10(14-15)13-12(19)16-7-4-2-3-5-9(16)11(17)18/h6,8-9H,2-5,7H2,1H3,(H,17,18)(H,13,14,19). The molecule has 104 valence electrons. The van der Waals surface area contributed by atoms with Crippen molar-refractivity contribution < 1.29 is 14.7 Å². The Morgan fingerprint density at radius 3 is 2.84 bits per heavy atom. The first-order valence-electron chi connectivity index (χ1n) is 6.38. The Kier molecular flexibility index (Phi) is 4.03. The second kappa shape index (κ2) is 5.73. The van der Waals surface area contributed by atoms with Crippen LogP contribution >= 0.6 is 0 Å². The van der Waals surface area contributed by atoms with E-state index in [1.54, 1.807) is 24.0 Å². The largest absolute Gasteiger partial charge is 0.480 e. The van der Waals surface area contributed by atoms with E-state index in [-0.39, 0.29) is 0 Å². The summed E-state index contributed by atoms with van der Waals surface area (Å²) in [5.41, 5.74) is 0. The van der Waals surface area contributed by atoms with Crippen molar-refractivity contribution in [3.05, 3.63) is 12.3 Å². The van der Waals surface area contributed by atoms with Gasteiger partial charge in [0.2, 0.25) is 0 Å². The fraction of sp³-hybridized carbons (Fsp3) is 0.583. The lowest BCUT2D eigenvalue weighted by atomic mass is 10.1. The maximum atomic E-state index is 12.1. The van der Waals surface area contributed by atoms with Crippen LogP contribution in [0.25, 0.3) is 0 Å². The zero-order chi connectivity index (χ0) is 13.8. The number of aromatic nitrogens is 2. The predicted molar refractivity (Wildman–Crippen MR) is 68.8 cm³/mol. The number of carbonyl (C=O) groups is 2. The molecule has 0 radical (unpaired) electrons. The maximum Gasteiger partial charge on any atom is 0.326 e. The highest BCUT2D eigenvalue weighted by Gasteiger charge is 2.30. The number of rotatable bonds is 2. The van der Waals surface area contributed by atoms with E-state index in [4.69, 9.17) is 0 Å². The topological polar surface area (TPSA) is 87.5 Å². The molecule has 2 heterocycles. The molecule has 7 nitrogen and oxygen atoms in total. The summed E-state index contributed by atoms with van der Waals surface area (Å²) in [6, 6.07) is 0.532. The van der Waals surface area contributed by atoms with E-state index in [0.29, 0.717) is 18.8 Å². The lowest BCUT2D eigenvalue weighted by Crippen LogP contribution is -2.46. The Labute approximate surface area is 111 Å². The molecule has 1 fully saturated rings. The highest BCUT2D eigenvalue weighted by atomic mass is 16.4. The minimum atomic E-state index is -0.946. The average molecular weight is 266 g/mol. The van der Waals surface area contributed by atoms with Gasteiger partial charge >= 0.3 is 12.0 Å². The molecule has 7 heteroatoms. The molecule has 1 aromatic heterocycles. The molecule has 0 bridgehead atoms. The Morgan fingerprint density at radius 2 is 2.21 bits per heavy atom. The highest BCUT2D eigenvalue weighted by molar-refractivity contribution is 5.91. The highest BCUT2D eigenvalue weighted by Crippen LogP contribution is 2.18. The number of anilines is 1. The molecule has 1 unspecified atom stereocenters. The maximum absolute atomic E-state index is 12.1. The number of carbonyl (C=O) groups excluding carboxylic acids is 1. The molecule has 2 rings (SSSR count). The van der Waals surface area contributed by atoms with Gasteiger partial charge in [-0.05, 0) is 12.8 Å². The molecule has 1 aliphatic rings. The smallest absolute Gasteiger partial charge is 0.326 e. The molecular weight excluding hydrogens is 248 g/mol. The summed E-state index contributed by atoms with van der Waals surface area (Å²) in [4.78, 5) is 24.8. The van der Waals surface area contributed by atoms with Crippen molar-refractivity contribution in [2.75, 3.05) is 11.9 Å². The van der Waals surface area contributed by atoms with Crippen LogP contribution < -0.4 is 5.32 Å². The third-order valence-electron chi connectivity index (χ3n) is 3.25. The number of hydrogen-bond acceptors (Lipinski definition) is 3. The summed E-state index contributed by atoms with van der Waals surface area (Å²) in [5, 5.41) is 15.9. The number of amides is 2. The van der Waals surface area contributed by atoms with E-state index in [1.165, 1.54) is 4.90 Å². The monoisotopic (exact) mass is 266 g/mol. The Balaban J connectivity index is 2.08. The summed E-state index contributed by atoms with van der Waals surface area (Å²) in [6.45, 7) is 0.468. The summed E-state index contributed by atoms with van der Waals surface area (Å²) in [5.74, 6) is -0.515. The van der Waals surface area contributed by atoms with Crippen LogP contribution in [0.5, 0.6) is 0 Å². The van der Waals surface area contributed by atoms with Gasteiger partial charge in [-0.3, -0.25) is 10.00 Å². The number of hydrogen-bond donors (Lipinski definition) is 2. The third-order valence-corrected chi connectivity index (χ3v) is 3.25. The van der Waals surface area contributed by atoms with Crippen molar-refractivity contribution in [3.63, 3.8) is 0 Å². The first-order chi connectivity index (χ1) is 9.08.